The molecule has 0 aliphatic carbocycles. The molecule has 0 aromatic heterocycles. The standard InChI is InChI=1S/C20H27NO3S2/c1-13(2)18-12-19(14(3)11-20(18)24-5)15(4)21-26(22,23)17-9-7-16(25-6)8-10-17/h7-13,15,21H,1-6H3/t15-/m0/s1. The molecule has 2 aromatic rings. The van der Waals surface area contributed by atoms with E-state index < -0.39 is 10.0 Å². The van der Waals surface area contributed by atoms with Gasteiger partial charge in [0.1, 0.15) is 5.75 Å². The number of methoxy groups -OCH3 is 1. The highest BCUT2D eigenvalue weighted by Crippen LogP contribution is 2.32. The fraction of sp³-hybridized carbons (Fsp3) is 0.400. The van der Waals surface area contributed by atoms with Crippen LogP contribution in [0.5, 0.6) is 5.75 Å². The number of sulfonamides is 1. The minimum Gasteiger partial charge on any atom is -0.496 e. The van der Waals surface area contributed by atoms with Crippen LogP contribution in [0.1, 0.15) is 49.4 Å². The Balaban J connectivity index is 2.33. The van der Waals surface area contributed by atoms with E-state index in [1.54, 1.807) is 31.0 Å². The zero-order valence-electron chi connectivity index (χ0n) is 16.2. The summed E-state index contributed by atoms with van der Waals surface area (Å²) in [4.78, 5) is 1.31. The van der Waals surface area contributed by atoms with E-state index in [0.29, 0.717) is 0 Å². The van der Waals surface area contributed by atoms with E-state index >= 15 is 0 Å². The highest BCUT2D eigenvalue weighted by atomic mass is 32.2. The lowest BCUT2D eigenvalue weighted by Crippen LogP contribution is -2.27. The largest absolute Gasteiger partial charge is 0.496 e. The Bertz CT molecular complexity index is 859. The first-order valence-electron chi connectivity index (χ1n) is 8.54. The SMILES string of the molecule is COc1cc(C)c([C@H](C)NS(=O)(=O)c2ccc(SC)cc2)cc1C(C)C. The highest BCUT2D eigenvalue weighted by Gasteiger charge is 2.21. The van der Waals surface area contributed by atoms with Crippen LogP contribution in [0.25, 0.3) is 0 Å². The van der Waals surface area contributed by atoms with E-state index in [2.05, 4.69) is 18.6 Å². The maximum atomic E-state index is 12.7. The van der Waals surface area contributed by atoms with Crippen molar-refractivity contribution in [2.24, 2.45) is 0 Å². The van der Waals surface area contributed by atoms with Gasteiger partial charge in [-0.25, -0.2) is 13.1 Å². The zero-order valence-corrected chi connectivity index (χ0v) is 17.8. The molecule has 142 valence electrons. The van der Waals surface area contributed by atoms with Crippen LogP contribution in [-0.2, 0) is 10.0 Å². The summed E-state index contributed by atoms with van der Waals surface area (Å²) in [6.07, 6.45) is 1.96. The Kier molecular flexibility index (Phi) is 6.77. The summed E-state index contributed by atoms with van der Waals surface area (Å²) in [7, 11) is -1.93. The van der Waals surface area contributed by atoms with Gasteiger partial charge in [0.05, 0.1) is 12.0 Å². The van der Waals surface area contributed by atoms with Crippen LogP contribution in [0.4, 0.5) is 0 Å². The summed E-state index contributed by atoms with van der Waals surface area (Å²) in [6, 6.07) is 10.6. The molecule has 0 aliphatic heterocycles. The van der Waals surface area contributed by atoms with E-state index in [0.717, 1.165) is 27.3 Å². The van der Waals surface area contributed by atoms with Crippen molar-refractivity contribution in [1.82, 2.24) is 4.72 Å². The van der Waals surface area contributed by atoms with Crippen LogP contribution in [-0.4, -0.2) is 21.8 Å². The van der Waals surface area contributed by atoms with Crippen molar-refractivity contribution < 1.29 is 13.2 Å². The van der Waals surface area contributed by atoms with Crippen LogP contribution in [0, 0.1) is 6.92 Å². The third-order valence-electron chi connectivity index (χ3n) is 4.41. The fourth-order valence-electron chi connectivity index (χ4n) is 2.93. The molecule has 0 aliphatic rings. The number of rotatable bonds is 7. The van der Waals surface area contributed by atoms with Crippen LogP contribution < -0.4 is 9.46 Å². The molecular formula is C20H27NO3S2. The Morgan fingerprint density at radius 2 is 1.65 bits per heavy atom. The minimum absolute atomic E-state index is 0.275. The number of nitrogens with one attached hydrogen (secondary N) is 1. The Morgan fingerprint density at radius 3 is 2.15 bits per heavy atom. The van der Waals surface area contributed by atoms with Gasteiger partial charge in [-0.2, -0.15) is 0 Å². The molecule has 26 heavy (non-hydrogen) atoms. The minimum atomic E-state index is -3.59. The predicted octanol–water partition coefficient (Wildman–Crippen LogP) is 4.89. The van der Waals surface area contributed by atoms with Crippen molar-refractivity contribution in [3.05, 3.63) is 53.1 Å². The third-order valence-corrected chi connectivity index (χ3v) is 6.71. The van der Waals surface area contributed by atoms with Crippen LogP contribution in [0.3, 0.4) is 0 Å². The maximum Gasteiger partial charge on any atom is 0.241 e. The van der Waals surface area contributed by atoms with Gasteiger partial charge in [0.15, 0.2) is 0 Å². The zero-order chi connectivity index (χ0) is 19.5. The average Bonchev–Trinajstić information content (AvgIpc) is 2.60. The summed E-state index contributed by atoms with van der Waals surface area (Å²) in [5.74, 6) is 1.12. The van der Waals surface area contributed by atoms with Crippen molar-refractivity contribution in [3.8, 4) is 5.75 Å². The van der Waals surface area contributed by atoms with E-state index in [1.165, 1.54) is 0 Å². The van der Waals surface area contributed by atoms with E-state index in [1.807, 2.05) is 44.4 Å². The van der Waals surface area contributed by atoms with Crippen molar-refractivity contribution in [2.75, 3.05) is 13.4 Å². The second-order valence-corrected chi connectivity index (χ2v) is 9.22. The monoisotopic (exact) mass is 393 g/mol. The first-order chi connectivity index (χ1) is 12.2. The summed E-state index contributed by atoms with van der Waals surface area (Å²) >= 11 is 1.58. The van der Waals surface area contributed by atoms with Gasteiger partial charge in [-0.05, 0) is 79.1 Å². The number of aryl methyl sites for hydroxylation is 1. The van der Waals surface area contributed by atoms with Gasteiger partial charge in [-0.15, -0.1) is 11.8 Å². The van der Waals surface area contributed by atoms with Crippen LogP contribution in [0.15, 0.2) is 46.2 Å². The lowest BCUT2D eigenvalue weighted by atomic mass is 9.94. The second kappa shape index (κ2) is 8.46. The van der Waals surface area contributed by atoms with Crippen molar-refractivity contribution >= 4 is 21.8 Å². The topological polar surface area (TPSA) is 55.4 Å². The Hall–Kier alpha value is -1.50. The van der Waals surface area contributed by atoms with E-state index in [-0.39, 0.29) is 16.9 Å². The van der Waals surface area contributed by atoms with Crippen molar-refractivity contribution in [1.29, 1.82) is 0 Å². The van der Waals surface area contributed by atoms with E-state index in [9.17, 15) is 8.42 Å². The molecule has 1 N–H and O–H groups in total. The Morgan fingerprint density at radius 1 is 1.04 bits per heavy atom. The molecule has 0 heterocycles. The second-order valence-electron chi connectivity index (χ2n) is 6.62. The van der Waals surface area contributed by atoms with Gasteiger partial charge >= 0.3 is 0 Å². The average molecular weight is 394 g/mol. The molecule has 0 fully saturated rings. The van der Waals surface area contributed by atoms with Crippen LogP contribution >= 0.6 is 11.8 Å². The van der Waals surface area contributed by atoms with Gasteiger partial charge in [-0.3, -0.25) is 0 Å². The molecule has 4 nitrogen and oxygen atoms in total. The highest BCUT2D eigenvalue weighted by molar-refractivity contribution is 7.98. The lowest BCUT2D eigenvalue weighted by Gasteiger charge is -2.21. The fourth-order valence-corrected chi connectivity index (χ4v) is 4.56. The third kappa shape index (κ3) is 4.61. The normalized spacial score (nSPS) is 13.0. The van der Waals surface area contributed by atoms with Crippen LogP contribution in [0.2, 0.25) is 0 Å². The van der Waals surface area contributed by atoms with E-state index in [4.69, 9.17) is 4.74 Å². The van der Waals surface area contributed by atoms with Gasteiger partial charge in [0, 0.05) is 10.9 Å². The molecule has 0 amide bonds. The number of hydrogen-bond donors (Lipinski definition) is 1. The van der Waals surface area contributed by atoms with Gasteiger partial charge in [0.2, 0.25) is 10.0 Å². The molecule has 6 heteroatoms. The maximum absolute atomic E-state index is 12.7. The molecule has 0 saturated carbocycles. The molecule has 0 bridgehead atoms. The molecular weight excluding hydrogens is 366 g/mol. The summed E-state index contributed by atoms with van der Waals surface area (Å²) in [6.45, 7) is 8.03. The van der Waals surface area contributed by atoms with Gasteiger partial charge in [0.25, 0.3) is 0 Å². The first-order valence-corrected chi connectivity index (χ1v) is 11.2. The lowest BCUT2D eigenvalue weighted by molar-refractivity contribution is 0.406. The summed E-state index contributed by atoms with van der Waals surface area (Å²) in [5.41, 5.74) is 3.03. The molecule has 0 saturated heterocycles. The molecule has 1 atom stereocenters. The quantitative estimate of drug-likeness (QED) is 0.681. The number of thioether (sulfide) groups is 1. The van der Waals surface area contributed by atoms with Crippen molar-refractivity contribution in [3.63, 3.8) is 0 Å². The summed E-state index contributed by atoms with van der Waals surface area (Å²) < 4.78 is 33.7. The van der Waals surface area contributed by atoms with Gasteiger partial charge < -0.3 is 4.74 Å². The van der Waals surface area contributed by atoms with Crippen molar-refractivity contribution in [2.45, 2.75) is 49.4 Å². The molecule has 2 aromatic carbocycles. The Labute approximate surface area is 161 Å². The smallest absolute Gasteiger partial charge is 0.241 e. The number of benzene rings is 2. The number of ether oxygens (including phenoxy) is 1. The summed E-state index contributed by atoms with van der Waals surface area (Å²) in [5, 5.41) is 0. The molecule has 0 unspecified atom stereocenters. The molecule has 0 radical (unpaired) electrons. The van der Waals surface area contributed by atoms with Gasteiger partial charge in [-0.1, -0.05) is 13.8 Å². The first kappa shape index (κ1) is 20.8. The predicted molar refractivity (Wildman–Crippen MR) is 109 cm³/mol. The molecule has 0 spiro atoms. The molecule has 2 rings (SSSR count). The number of hydrogen-bond acceptors (Lipinski definition) is 4.